The number of hydrogen-bond acceptors (Lipinski definition) is 3. The minimum Gasteiger partial charge on any atom is -0.467 e. The molecule has 0 aliphatic carbocycles. The maximum Gasteiger partial charge on any atom is 0.194 e. The number of furan rings is 1. The standard InChI is InChI=1S/C19H27N3O2/c1-4-15-8-10-16(11-9-15)14-22(3)19(20-5-2)21-13-17(23)18-7-6-12-24-18/h6-12,17,23H,4-5,13-14H2,1-3H3,(H,20,21). The van der Waals surface area contributed by atoms with Crippen LogP contribution < -0.4 is 5.32 Å². The fourth-order valence-electron chi connectivity index (χ4n) is 2.44. The molecule has 1 atom stereocenters. The highest BCUT2D eigenvalue weighted by atomic mass is 16.4. The second-order valence-electron chi connectivity index (χ2n) is 5.75. The summed E-state index contributed by atoms with van der Waals surface area (Å²) in [5.41, 5.74) is 2.57. The molecule has 5 heteroatoms. The van der Waals surface area contributed by atoms with E-state index in [1.165, 1.54) is 11.1 Å². The van der Waals surface area contributed by atoms with Crippen molar-refractivity contribution < 1.29 is 9.52 Å². The molecule has 0 saturated heterocycles. The van der Waals surface area contributed by atoms with Crippen LogP contribution in [0.25, 0.3) is 0 Å². The van der Waals surface area contributed by atoms with Gasteiger partial charge in [0.2, 0.25) is 0 Å². The topological polar surface area (TPSA) is 61.0 Å². The summed E-state index contributed by atoms with van der Waals surface area (Å²) >= 11 is 0. The van der Waals surface area contributed by atoms with Crippen LogP contribution in [0.4, 0.5) is 0 Å². The Bertz CT molecular complexity index is 621. The van der Waals surface area contributed by atoms with E-state index in [0.717, 1.165) is 25.5 Å². The number of nitrogens with zero attached hydrogens (tertiary/aromatic N) is 2. The molecule has 24 heavy (non-hydrogen) atoms. The number of nitrogens with one attached hydrogen (secondary N) is 1. The van der Waals surface area contributed by atoms with Crippen LogP contribution in [-0.2, 0) is 13.0 Å². The number of aliphatic hydroxyl groups excluding tert-OH is 1. The second kappa shape index (κ2) is 9.13. The normalized spacial score (nSPS) is 12.9. The summed E-state index contributed by atoms with van der Waals surface area (Å²) in [6.07, 6.45) is 1.87. The molecule has 2 aromatic rings. The Labute approximate surface area is 144 Å². The Kier molecular flexibility index (Phi) is 6.88. The average Bonchev–Trinajstić information content (AvgIpc) is 3.13. The van der Waals surface area contributed by atoms with E-state index in [2.05, 4.69) is 46.4 Å². The van der Waals surface area contributed by atoms with E-state index in [-0.39, 0.29) is 6.54 Å². The van der Waals surface area contributed by atoms with Crippen molar-refractivity contribution in [3.8, 4) is 0 Å². The van der Waals surface area contributed by atoms with Crippen molar-refractivity contribution in [3.05, 3.63) is 59.5 Å². The molecule has 1 aromatic carbocycles. The summed E-state index contributed by atoms with van der Waals surface area (Å²) in [7, 11) is 1.99. The van der Waals surface area contributed by atoms with Gasteiger partial charge in [0.05, 0.1) is 12.8 Å². The fourth-order valence-corrected chi connectivity index (χ4v) is 2.44. The van der Waals surface area contributed by atoms with Gasteiger partial charge in [-0.15, -0.1) is 0 Å². The fraction of sp³-hybridized carbons (Fsp3) is 0.421. The van der Waals surface area contributed by atoms with Crippen LogP contribution in [0.5, 0.6) is 0 Å². The molecule has 130 valence electrons. The maximum absolute atomic E-state index is 10.1. The third-order valence-electron chi connectivity index (χ3n) is 3.83. The lowest BCUT2D eigenvalue weighted by atomic mass is 10.1. The zero-order chi connectivity index (χ0) is 17.4. The summed E-state index contributed by atoms with van der Waals surface area (Å²) in [6.45, 7) is 5.97. The monoisotopic (exact) mass is 329 g/mol. The summed E-state index contributed by atoms with van der Waals surface area (Å²) in [6, 6.07) is 12.1. The lowest BCUT2D eigenvalue weighted by molar-refractivity contribution is 0.158. The van der Waals surface area contributed by atoms with E-state index >= 15 is 0 Å². The second-order valence-corrected chi connectivity index (χ2v) is 5.75. The first kappa shape index (κ1) is 18.1. The van der Waals surface area contributed by atoms with E-state index in [0.29, 0.717) is 5.76 Å². The van der Waals surface area contributed by atoms with E-state index < -0.39 is 6.10 Å². The van der Waals surface area contributed by atoms with Crippen LogP contribution in [0.3, 0.4) is 0 Å². The number of guanidine groups is 1. The van der Waals surface area contributed by atoms with Gasteiger partial charge in [-0.2, -0.15) is 0 Å². The van der Waals surface area contributed by atoms with Gasteiger partial charge in [0, 0.05) is 20.1 Å². The predicted octanol–water partition coefficient (Wildman–Crippen LogP) is 2.97. The molecule has 2 rings (SSSR count). The summed E-state index contributed by atoms with van der Waals surface area (Å²) in [4.78, 5) is 6.58. The van der Waals surface area contributed by atoms with E-state index in [1.54, 1.807) is 18.4 Å². The molecular weight excluding hydrogens is 302 g/mol. The van der Waals surface area contributed by atoms with Crippen molar-refractivity contribution in [3.63, 3.8) is 0 Å². The smallest absolute Gasteiger partial charge is 0.194 e. The first-order chi connectivity index (χ1) is 11.6. The lowest BCUT2D eigenvalue weighted by Gasteiger charge is -2.22. The van der Waals surface area contributed by atoms with Crippen LogP contribution in [0.1, 0.15) is 36.8 Å². The van der Waals surface area contributed by atoms with Gasteiger partial charge < -0.3 is 19.7 Å². The lowest BCUT2D eigenvalue weighted by Crippen LogP contribution is -2.38. The highest BCUT2D eigenvalue weighted by Gasteiger charge is 2.12. The molecule has 1 heterocycles. The quantitative estimate of drug-likeness (QED) is 0.605. The SMILES string of the molecule is CCNC(=NCC(O)c1ccco1)N(C)Cc1ccc(CC)cc1. The number of hydrogen-bond donors (Lipinski definition) is 2. The van der Waals surface area contributed by atoms with Crippen LogP contribution in [0.2, 0.25) is 0 Å². The van der Waals surface area contributed by atoms with Crippen molar-refractivity contribution in [2.24, 2.45) is 4.99 Å². The Hall–Kier alpha value is -2.27. The van der Waals surface area contributed by atoms with Gasteiger partial charge in [0.1, 0.15) is 11.9 Å². The Balaban J connectivity index is 2.00. The molecule has 0 spiro atoms. The molecular formula is C19H27N3O2. The summed E-state index contributed by atoms with van der Waals surface area (Å²) in [5.74, 6) is 1.30. The summed E-state index contributed by atoms with van der Waals surface area (Å²) in [5, 5.41) is 13.4. The van der Waals surface area contributed by atoms with Gasteiger partial charge >= 0.3 is 0 Å². The zero-order valence-corrected chi connectivity index (χ0v) is 14.7. The molecule has 0 amide bonds. The largest absolute Gasteiger partial charge is 0.467 e. The van der Waals surface area contributed by atoms with Crippen molar-refractivity contribution in [1.29, 1.82) is 0 Å². The number of benzene rings is 1. The number of aliphatic imine (C=N–C) groups is 1. The molecule has 0 radical (unpaired) electrons. The summed E-state index contributed by atoms with van der Waals surface area (Å²) < 4.78 is 5.21. The molecule has 0 aliphatic heterocycles. The van der Waals surface area contributed by atoms with Crippen molar-refractivity contribution >= 4 is 5.96 Å². The number of aliphatic hydroxyl groups is 1. The first-order valence-corrected chi connectivity index (χ1v) is 8.42. The van der Waals surface area contributed by atoms with Crippen molar-refractivity contribution in [2.45, 2.75) is 32.9 Å². The van der Waals surface area contributed by atoms with E-state index in [4.69, 9.17) is 4.42 Å². The van der Waals surface area contributed by atoms with Crippen LogP contribution in [0.15, 0.2) is 52.1 Å². The Morgan fingerprint density at radius 1 is 1.21 bits per heavy atom. The first-order valence-electron chi connectivity index (χ1n) is 8.42. The van der Waals surface area contributed by atoms with E-state index in [1.807, 2.05) is 14.0 Å². The Morgan fingerprint density at radius 2 is 1.92 bits per heavy atom. The average molecular weight is 329 g/mol. The molecule has 0 fully saturated rings. The molecule has 5 nitrogen and oxygen atoms in total. The molecule has 2 N–H and O–H groups in total. The van der Waals surface area contributed by atoms with Crippen molar-refractivity contribution in [1.82, 2.24) is 10.2 Å². The highest BCUT2D eigenvalue weighted by molar-refractivity contribution is 5.79. The predicted molar refractivity (Wildman–Crippen MR) is 96.9 cm³/mol. The molecule has 0 saturated carbocycles. The van der Waals surface area contributed by atoms with Crippen LogP contribution in [-0.4, -0.2) is 36.1 Å². The minimum absolute atomic E-state index is 0.259. The number of rotatable bonds is 7. The van der Waals surface area contributed by atoms with Gasteiger partial charge in [-0.1, -0.05) is 31.2 Å². The minimum atomic E-state index is -0.731. The molecule has 1 aromatic heterocycles. The van der Waals surface area contributed by atoms with Crippen LogP contribution >= 0.6 is 0 Å². The molecule has 1 unspecified atom stereocenters. The van der Waals surface area contributed by atoms with Crippen LogP contribution in [0, 0.1) is 0 Å². The third kappa shape index (κ3) is 5.13. The third-order valence-corrected chi connectivity index (χ3v) is 3.83. The van der Waals surface area contributed by atoms with Gasteiger partial charge in [0.25, 0.3) is 0 Å². The van der Waals surface area contributed by atoms with Gasteiger partial charge in [0.15, 0.2) is 5.96 Å². The van der Waals surface area contributed by atoms with Gasteiger partial charge in [-0.25, -0.2) is 4.99 Å². The molecule has 0 bridgehead atoms. The Morgan fingerprint density at radius 3 is 2.50 bits per heavy atom. The maximum atomic E-state index is 10.1. The van der Waals surface area contributed by atoms with Gasteiger partial charge in [-0.3, -0.25) is 0 Å². The number of aryl methyl sites for hydroxylation is 1. The van der Waals surface area contributed by atoms with Crippen molar-refractivity contribution in [2.75, 3.05) is 20.1 Å². The van der Waals surface area contributed by atoms with Gasteiger partial charge in [-0.05, 0) is 36.6 Å². The van der Waals surface area contributed by atoms with E-state index in [9.17, 15) is 5.11 Å². The molecule has 0 aliphatic rings. The highest BCUT2D eigenvalue weighted by Crippen LogP contribution is 2.13. The zero-order valence-electron chi connectivity index (χ0n) is 14.7.